The van der Waals surface area contributed by atoms with E-state index in [0.717, 1.165) is 0 Å². The van der Waals surface area contributed by atoms with Crippen LogP contribution < -0.4 is 29.4 Å². The van der Waals surface area contributed by atoms with Gasteiger partial charge in [-0.2, -0.15) is 7.82 Å². The summed E-state index contributed by atoms with van der Waals surface area (Å²) in [5.41, 5.74) is 0. The average molecular weight is 229 g/mol. The van der Waals surface area contributed by atoms with E-state index in [-0.39, 0.29) is 17.1 Å². The Bertz CT molecular complexity index is 82.8. The van der Waals surface area contributed by atoms with Crippen LogP contribution in [0, 0.1) is 0 Å². The van der Waals surface area contributed by atoms with Gasteiger partial charge in [-0.25, -0.2) is 0 Å². The Morgan fingerprint density at radius 2 is 1.00 bits per heavy atom. The topological polar surface area (TPSA) is 155 Å². The van der Waals surface area contributed by atoms with Crippen LogP contribution in [0.2, 0.25) is 0 Å². The summed E-state index contributed by atoms with van der Waals surface area (Å²) in [5, 5.41) is 0. The molecule has 0 aliphatic carbocycles. The Morgan fingerprint density at radius 1 is 1.00 bits per heavy atom. The molecule has 0 atom stereocenters. The van der Waals surface area contributed by atoms with Crippen molar-refractivity contribution in [3.8, 4) is 0 Å². The van der Waals surface area contributed by atoms with E-state index in [1.165, 1.54) is 0 Å². The molecule has 0 unspecified atom stereocenters. The number of phosphoric acid groups is 1. The smallest absolute Gasteiger partial charge is 0 e. The Labute approximate surface area is 68.1 Å². The monoisotopic (exact) mass is 229 g/mol. The van der Waals surface area contributed by atoms with E-state index in [0.29, 0.717) is 0 Å². The second kappa shape index (κ2) is 8.04. The predicted molar refractivity (Wildman–Crippen MR) is 14.5 cm³/mol. The molecule has 0 heterocycles. The summed E-state index contributed by atoms with van der Waals surface area (Å²) in [4.78, 5) is 51.1. The second-order valence-corrected chi connectivity index (χ2v) is 2.01. The van der Waals surface area contributed by atoms with Crippen molar-refractivity contribution in [2.75, 3.05) is 0 Å². The molecule has 0 rings (SSSR count). The van der Waals surface area contributed by atoms with Gasteiger partial charge in [0.15, 0.2) is 0 Å². The van der Waals surface area contributed by atoms with Crippen molar-refractivity contribution < 1.29 is 51.0 Å². The van der Waals surface area contributed by atoms with Gasteiger partial charge < -0.3 is 42.5 Å². The fourth-order valence-corrected chi connectivity index (χ4v) is 0. The summed E-state index contributed by atoms with van der Waals surface area (Å²) in [6.07, 6.45) is 0. The minimum absolute atomic E-state index is 0. The predicted octanol–water partition coefficient (Wildman–Crippen LogP) is -5.53. The molecule has 0 aromatic carbocycles. The summed E-state index contributed by atoms with van der Waals surface area (Å²) in [7, 11) is -8.76. The van der Waals surface area contributed by atoms with Crippen molar-refractivity contribution in [1.29, 1.82) is 0 Å². The van der Waals surface area contributed by atoms with Gasteiger partial charge in [0.1, 0.15) is 0 Å². The normalized spacial score (nSPS) is 9.50. The number of hydrogen-bond donors (Lipinski definition) is 0. The number of hydrogen-bond acceptors (Lipinski definition) is 7. The van der Waals surface area contributed by atoms with Crippen LogP contribution in [0.1, 0.15) is 0 Å². The van der Waals surface area contributed by atoms with Crippen molar-refractivity contribution in [2.24, 2.45) is 0 Å². The molecule has 65 valence electrons. The van der Waals surface area contributed by atoms with E-state index in [4.69, 9.17) is 33.9 Å². The molecule has 0 N–H and O–H groups in total. The Hall–Kier alpha value is 0.939. The zero-order valence-electron chi connectivity index (χ0n) is 4.13. The van der Waals surface area contributed by atoms with Crippen LogP contribution in [0.3, 0.4) is 0 Å². The SMILES string of the molecule is O=P([O-])([O-])[O-].[Mn].[O-]P([O-])[O-]. The Kier molecular flexibility index (Phi) is 13.8. The maximum absolute atomic E-state index is 8.55. The summed E-state index contributed by atoms with van der Waals surface area (Å²) in [6.45, 7) is 0. The van der Waals surface area contributed by atoms with Gasteiger partial charge in [0.25, 0.3) is 0 Å². The maximum atomic E-state index is 8.55. The van der Waals surface area contributed by atoms with E-state index < -0.39 is 16.4 Å². The summed E-state index contributed by atoms with van der Waals surface area (Å²) in [5.74, 6) is 0. The standard InChI is InChI=1S/Mn.H3O4P.O3P/c;1-5(2,3)4;1-4(2)3/h;(H3,1,2,3,4);/q;;-3/p-3. The van der Waals surface area contributed by atoms with Gasteiger partial charge in [-0.3, -0.25) is 0 Å². The molecule has 0 aromatic heterocycles. The summed E-state index contributed by atoms with van der Waals surface area (Å²) < 4.78 is 8.55. The van der Waals surface area contributed by atoms with Gasteiger partial charge >= 0.3 is 0 Å². The van der Waals surface area contributed by atoms with Gasteiger partial charge in [0.2, 0.25) is 0 Å². The van der Waals surface area contributed by atoms with Crippen LogP contribution in [0.15, 0.2) is 0 Å². The molecule has 0 aliphatic heterocycles. The average Bonchev–Trinajstić information content (AvgIpc) is 1.19. The molecule has 0 spiro atoms. The van der Waals surface area contributed by atoms with E-state index in [1.54, 1.807) is 0 Å². The first-order valence-corrected chi connectivity index (χ1v) is 3.83. The van der Waals surface area contributed by atoms with Gasteiger partial charge in [-0.05, 0) is 0 Å². The molecule has 0 aliphatic rings. The van der Waals surface area contributed by atoms with Gasteiger partial charge in [-0.1, -0.05) is 0 Å². The molecule has 1 radical (unpaired) electrons. The third-order valence-electron chi connectivity index (χ3n) is 0. The second-order valence-electron chi connectivity index (χ2n) is 0.671. The molecular weight excluding hydrogens is 229 g/mol. The minimum atomic E-state index is -5.39. The molecule has 0 amide bonds. The Morgan fingerprint density at radius 3 is 1.00 bits per heavy atom. The quantitative estimate of drug-likeness (QED) is 0.296. The van der Waals surface area contributed by atoms with Gasteiger partial charge in [0, 0.05) is 17.1 Å². The summed E-state index contributed by atoms with van der Waals surface area (Å²) in [6, 6.07) is 0. The zero-order valence-corrected chi connectivity index (χ0v) is 7.10. The van der Waals surface area contributed by atoms with Gasteiger partial charge in [-0.15, -0.1) is 0 Å². The van der Waals surface area contributed by atoms with Crippen molar-refractivity contribution in [3.63, 3.8) is 0 Å². The molecule has 10 heavy (non-hydrogen) atoms. The molecule has 0 saturated carbocycles. The fourth-order valence-electron chi connectivity index (χ4n) is 0. The van der Waals surface area contributed by atoms with Crippen LogP contribution in [0.25, 0.3) is 0 Å². The molecule has 0 bridgehead atoms. The zero-order chi connectivity index (χ0) is 8.08. The molecule has 0 saturated heterocycles. The van der Waals surface area contributed by atoms with Gasteiger partial charge in [0.05, 0.1) is 0 Å². The van der Waals surface area contributed by atoms with Crippen molar-refractivity contribution in [1.82, 2.24) is 0 Å². The first kappa shape index (κ1) is 17.1. The van der Waals surface area contributed by atoms with E-state index in [9.17, 15) is 0 Å². The molecule has 0 aromatic rings. The third-order valence-corrected chi connectivity index (χ3v) is 0. The Balaban J connectivity index is -0.0000000910. The van der Waals surface area contributed by atoms with E-state index in [1.807, 2.05) is 0 Å². The molecule has 7 nitrogen and oxygen atoms in total. The first-order valence-electron chi connectivity index (χ1n) is 1.28. The van der Waals surface area contributed by atoms with Crippen molar-refractivity contribution in [2.45, 2.75) is 0 Å². The molecule has 0 fully saturated rings. The van der Waals surface area contributed by atoms with Crippen LogP contribution in [0.4, 0.5) is 0 Å². The first-order chi connectivity index (χ1) is 3.73. The summed E-state index contributed by atoms with van der Waals surface area (Å²) >= 11 is 0. The van der Waals surface area contributed by atoms with Crippen LogP contribution in [-0.4, -0.2) is 0 Å². The van der Waals surface area contributed by atoms with Crippen LogP contribution >= 0.6 is 16.4 Å². The van der Waals surface area contributed by atoms with Crippen LogP contribution in [0.5, 0.6) is 0 Å². The van der Waals surface area contributed by atoms with Crippen LogP contribution in [-0.2, 0) is 21.6 Å². The number of rotatable bonds is 0. The van der Waals surface area contributed by atoms with E-state index >= 15 is 0 Å². The molecular formula is MnO7P2-6. The maximum Gasteiger partial charge on any atom is 0 e. The minimum Gasteiger partial charge on any atom is -0.854 e. The van der Waals surface area contributed by atoms with Crippen molar-refractivity contribution >= 4 is 16.4 Å². The third kappa shape index (κ3) is 638. The van der Waals surface area contributed by atoms with E-state index in [2.05, 4.69) is 0 Å². The molecule has 10 heteroatoms. The van der Waals surface area contributed by atoms with Crippen molar-refractivity contribution in [3.05, 3.63) is 0 Å². The largest absolute Gasteiger partial charge is 0.854 e. The fraction of sp³-hybridized carbons (Fsp3) is 0.